The fraction of sp³-hybridized carbons (Fsp3) is 0.312. The summed E-state index contributed by atoms with van der Waals surface area (Å²) >= 11 is 13.6. The van der Waals surface area contributed by atoms with E-state index in [1.807, 2.05) is 31.2 Å². The zero-order valence-electron chi connectivity index (χ0n) is 12.1. The molecule has 118 valence electrons. The first-order valence-corrected chi connectivity index (χ1v) is 8.58. The molecular formula is C16H17Cl2NO2S. The van der Waals surface area contributed by atoms with Crippen molar-refractivity contribution in [2.45, 2.75) is 32.4 Å². The normalized spacial score (nSPS) is 12.3. The Morgan fingerprint density at radius 2 is 2.05 bits per heavy atom. The number of carboxylic acid groups (broad SMARTS) is 1. The van der Waals surface area contributed by atoms with Crippen LogP contribution in [0.25, 0.3) is 10.4 Å². The number of aliphatic carboxylic acids is 1. The highest BCUT2D eigenvalue weighted by molar-refractivity contribution is 7.15. The molecule has 2 rings (SSSR count). The SMILES string of the molecule is CCCC(NCc1ccc(-c2ccc(Cl)c(Cl)c2)s1)C(=O)O. The minimum Gasteiger partial charge on any atom is -0.480 e. The lowest BCUT2D eigenvalue weighted by atomic mass is 10.1. The van der Waals surface area contributed by atoms with E-state index in [1.165, 1.54) is 0 Å². The van der Waals surface area contributed by atoms with Crippen molar-refractivity contribution >= 4 is 40.5 Å². The molecule has 6 heteroatoms. The van der Waals surface area contributed by atoms with E-state index in [4.69, 9.17) is 28.3 Å². The fourth-order valence-electron chi connectivity index (χ4n) is 2.10. The molecule has 1 aromatic carbocycles. The smallest absolute Gasteiger partial charge is 0.320 e. The number of hydrogen-bond acceptors (Lipinski definition) is 3. The number of carbonyl (C=O) groups is 1. The average molecular weight is 358 g/mol. The molecule has 1 heterocycles. The molecule has 0 aliphatic carbocycles. The Kier molecular flexibility index (Phi) is 6.26. The second-order valence-corrected chi connectivity index (χ2v) is 6.94. The monoisotopic (exact) mass is 357 g/mol. The van der Waals surface area contributed by atoms with Gasteiger partial charge in [-0.15, -0.1) is 11.3 Å². The van der Waals surface area contributed by atoms with Crippen LogP contribution in [0.1, 0.15) is 24.6 Å². The molecule has 0 aliphatic heterocycles. The van der Waals surface area contributed by atoms with E-state index in [2.05, 4.69) is 5.32 Å². The Hall–Kier alpha value is -1.07. The van der Waals surface area contributed by atoms with E-state index in [0.717, 1.165) is 21.7 Å². The van der Waals surface area contributed by atoms with Gasteiger partial charge in [-0.3, -0.25) is 10.1 Å². The van der Waals surface area contributed by atoms with Crippen LogP contribution in [-0.2, 0) is 11.3 Å². The molecule has 0 spiro atoms. The number of nitrogens with one attached hydrogen (secondary N) is 1. The van der Waals surface area contributed by atoms with Gasteiger partial charge in [0.15, 0.2) is 0 Å². The van der Waals surface area contributed by atoms with Crippen molar-refractivity contribution in [3.05, 3.63) is 45.3 Å². The molecule has 0 aliphatic rings. The molecule has 0 amide bonds. The molecule has 0 radical (unpaired) electrons. The van der Waals surface area contributed by atoms with E-state index in [0.29, 0.717) is 23.0 Å². The van der Waals surface area contributed by atoms with Crippen molar-refractivity contribution in [2.24, 2.45) is 0 Å². The first-order chi connectivity index (χ1) is 10.5. The van der Waals surface area contributed by atoms with Gasteiger partial charge in [0.05, 0.1) is 10.0 Å². The summed E-state index contributed by atoms with van der Waals surface area (Å²) in [6.07, 6.45) is 1.46. The third-order valence-corrected chi connectivity index (χ3v) is 5.14. The Bertz CT molecular complexity index is 657. The predicted molar refractivity (Wildman–Crippen MR) is 92.9 cm³/mol. The van der Waals surface area contributed by atoms with Crippen molar-refractivity contribution in [1.82, 2.24) is 5.32 Å². The maximum Gasteiger partial charge on any atom is 0.320 e. The third-order valence-electron chi connectivity index (χ3n) is 3.26. The molecule has 1 aromatic heterocycles. The van der Waals surface area contributed by atoms with Crippen LogP contribution in [0.3, 0.4) is 0 Å². The van der Waals surface area contributed by atoms with Crippen LogP contribution in [0, 0.1) is 0 Å². The summed E-state index contributed by atoms with van der Waals surface area (Å²) in [6.45, 7) is 2.52. The van der Waals surface area contributed by atoms with Crippen LogP contribution in [0.15, 0.2) is 30.3 Å². The second-order valence-electron chi connectivity index (χ2n) is 4.96. The number of benzene rings is 1. The van der Waals surface area contributed by atoms with Gasteiger partial charge in [-0.1, -0.05) is 42.6 Å². The van der Waals surface area contributed by atoms with Crippen LogP contribution >= 0.6 is 34.5 Å². The Balaban J connectivity index is 2.05. The lowest BCUT2D eigenvalue weighted by molar-refractivity contribution is -0.139. The predicted octanol–water partition coefficient (Wildman–Crippen LogP) is 5.06. The van der Waals surface area contributed by atoms with Gasteiger partial charge in [0.2, 0.25) is 0 Å². The summed E-state index contributed by atoms with van der Waals surface area (Å²) < 4.78 is 0. The molecule has 0 bridgehead atoms. The van der Waals surface area contributed by atoms with Gasteiger partial charge in [-0.2, -0.15) is 0 Å². The molecule has 0 fully saturated rings. The van der Waals surface area contributed by atoms with Crippen molar-refractivity contribution < 1.29 is 9.90 Å². The molecular weight excluding hydrogens is 341 g/mol. The van der Waals surface area contributed by atoms with E-state index < -0.39 is 12.0 Å². The molecule has 1 atom stereocenters. The van der Waals surface area contributed by atoms with E-state index >= 15 is 0 Å². The van der Waals surface area contributed by atoms with Crippen molar-refractivity contribution in [2.75, 3.05) is 0 Å². The first-order valence-electron chi connectivity index (χ1n) is 7.01. The van der Waals surface area contributed by atoms with E-state index in [1.54, 1.807) is 17.4 Å². The van der Waals surface area contributed by atoms with E-state index in [-0.39, 0.29) is 0 Å². The van der Waals surface area contributed by atoms with Gasteiger partial charge in [-0.05, 0) is 36.2 Å². The van der Waals surface area contributed by atoms with Crippen LogP contribution in [-0.4, -0.2) is 17.1 Å². The number of carboxylic acids is 1. The largest absolute Gasteiger partial charge is 0.480 e. The molecule has 1 unspecified atom stereocenters. The van der Waals surface area contributed by atoms with E-state index in [9.17, 15) is 4.79 Å². The number of hydrogen-bond donors (Lipinski definition) is 2. The van der Waals surface area contributed by atoms with Crippen LogP contribution in [0.4, 0.5) is 0 Å². The summed E-state index contributed by atoms with van der Waals surface area (Å²) in [5, 5.41) is 13.3. The summed E-state index contributed by atoms with van der Waals surface area (Å²) in [4.78, 5) is 13.3. The van der Waals surface area contributed by atoms with Gasteiger partial charge in [0, 0.05) is 16.3 Å². The highest BCUT2D eigenvalue weighted by Crippen LogP contribution is 2.32. The first kappa shape index (κ1) is 17.3. The number of halogens is 2. The zero-order chi connectivity index (χ0) is 16.1. The summed E-state index contributed by atoms with van der Waals surface area (Å²) in [5.74, 6) is -0.803. The van der Waals surface area contributed by atoms with Gasteiger partial charge in [0.1, 0.15) is 6.04 Å². The molecule has 3 nitrogen and oxygen atoms in total. The maximum absolute atomic E-state index is 11.1. The summed E-state index contributed by atoms with van der Waals surface area (Å²) in [6, 6.07) is 9.05. The van der Waals surface area contributed by atoms with Crippen LogP contribution < -0.4 is 5.32 Å². The minimum absolute atomic E-state index is 0.500. The lowest BCUT2D eigenvalue weighted by Gasteiger charge is -2.12. The zero-order valence-corrected chi connectivity index (χ0v) is 14.4. The summed E-state index contributed by atoms with van der Waals surface area (Å²) in [7, 11) is 0. The molecule has 0 saturated carbocycles. The summed E-state index contributed by atoms with van der Waals surface area (Å²) in [5.41, 5.74) is 1.01. The standard InChI is InChI=1S/C16H17Cl2NO2S/c1-2-3-14(16(20)21)19-9-11-5-7-15(22-11)10-4-6-12(17)13(18)8-10/h4-8,14,19H,2-3,9H2,1H3,(H,20,21). The average Bonchev–Trinajstić information content (AvgIpc) is 2.95. The molecule has 22 heavy (non-hydrogen) atoms. The number of rotatable bonds is 7. The molecule has 2 aromatic rings. The number of thiophene rings is 1. The highest BCUT2D eigenvalue weighted by Gasteiger charge is 2.15. The quantitative estimate of drug-likeness (QED) is 0.727. The maximum atomic E-state index is 11.1. The van der Waals surface area contributed by atoms with Gasteiger partial charge < -0.3 is 5.11 Å². The van der Waals surface area contributed by atoms with Gasteiger partial charge in [0.25, 0.3) is 0 Å². The lowest BCUT2D eigenvalue weighted by Crippen LogP contribution is -2.35. The fourth-order valence-corrected chi connectivity index (χ4v) is 3.36. The van der Waals surface area contributed by atoms with Crippen LogP contribution in [0.5, 0.6) is 0 Å². The van der Waals surface area contributed by atoms with Gasteiger partial charge >= 0.3 is 5.97 Å². The highest BCUT2D eigenvalue weighted by atomic mass is 35.5. The third kappa shape index (κ3) is 4.46. The Labute approximate surface area is 143 Å². The molecule has 0 saturated heterocycles. The van der Waals surface area contributed by atoms with Gasteiger partial charge in [-0.25, -0.2) is 0 Å². The van der Waals surface area contributed by atoms with Crippen LogP contribution in [0.2, 0.25) is 10.0 Å². The topological polar surface area (TPSA) is 49.3 Å². The van der Waals surface area contributed by atoms with Crippen molar-refractivity contribution in [3.63, 3.8) is 0 Å². The van der Waals surface area contributed by atoms with Crippen molar-refractivity contribution in [3.8, 4) is 10.4 Å². The van der Waals surface area contributed by atoms with Crippen molar-refractivity contribution in [1.29, 1.82) is 0 Å². The molecule has 2 N–H and O–H groups in total. The Morgan fingerprint density at radius 3 is 2.68 bits per heavy atom. The Morgan fingerprint density at radius 1 is 1.27 bits per heavy atom. The second kappa shape index (κ2) is 7.97. The minimum atomic E-state index is -0.803.